The number of nitrogens with two attached hydrogens (primary N) is 1. The lowest BCUT2D eigenvalue weighted by atomic mass is 10.1. The molecule has 1 aromatic rings. The quantitative estimate of drug-likeness (QED) is 0.812. The Morgan fingerprint density at radius 3 is 2.75 bits per heavy atom. The van der Waals surface area contributed by atoms with Crippen LogP contribution in [0.25, 0.3) is 0 Å². The first-order valence-corrected chi connectivity index (χ1v) is 7.62. The van der Waals surface area contributed by atoms with Crippen LogP contribution < -0.4 is 10.0 Å². The van der Waals surface area contributed by atoms with Gasteiger partial charge in [-0.05, 0) is 18.2 Å². The van der Waals surface area contributed by atoms with Gasteiger partial charge < -0.3 is 10.0 Å². The van der Waals surface area contributed by atoms with Crippen LogP contribution in [-0.4, -0.2) is 37.7 Å². The van der Waals surface area contributed by atoms with Crippen LogP contribution in [0.5, 0.6) is 0 Å². The maximum Gasteiger partial charge on any atom is 0.335 e. The smallest absolute Gasteiger partial charge is 0.335 e. The normalized spacial score (nSPS) is 19.4. The Kier molecular flexibility index (Phi) is 3.78. The maximum atomic E-state index is 11.9. The summed E-state index contributed by atoms with van der Waals surface area (Å²) in [7, 11) is -3.63. The molecule has 0 aliphatic carbocycles. The summed E-state index contributed by atoms with van der Waals surface area (Å²) < 4.78 is 22.1. The number of anilines is 1. The molecule has 1 atom stereocenters. The van der Waals surface area contributed by atoms with E-state index in [1.165, 1.54) is 17.0 Å². The molecule has 1 aromatic carbocycles. The molecule has 108 valence electrons. The van der Waals surface area contributed by atoms with Crippen molar-refractivity contribution in [3.05, 3.63) is 29.8 Å². The Morgan fingerprint density at radius 1 is 1.45 bits per heavy atom. The number of nitrogens with zero attached hydrogens (tertiary/aromatic N) is 1. The van der Waals surface area contributed by atoms with E-state index < -0.39 is 16.0 Å². The molecule has 1 heterocycles. The highest BCUT2D eigenvalue weighted by Crippen LogP contribution is 2.26. The zero-order chi connectivity index (χ0) is 14.9. The van der Waals surface area contributed by atoms with Gasteiger partial charge in [0.1, 0.15) is 0 Å². The largest absolute Gasteiger partial charge is 0.478 e. The third-order valence-electron chi connectivity index (χ3n) is 3.08. The number of carbonyl (C=O) groups excluding carboxylic acids is 1. The fourth-order valence-corrected chi connectivity index (χ4v) is 3.16. The number of rotatable bonds is 4. The fourth-order valence-electron chi connectivity index (χ4n) is 2.28. The van der Waals surface area contributed by atoms with Crippen molar-refractivity contribution in [1.29, 1.82) is 0 Å². The molecule has 1 unspecified atom stereocenters. The lowest BCUT2D eigenvalue weighted by Gasteiger charge is -2.17. The van der Waals surface area contributed by atoms with E-state index >= 15 is 0 Å². The molecule has 0 saturated carbocycles. The Bertz CT molecular complexity index is 656. The third-order valence-corrected chi connectivity index (χ3v) is 4.01. The molecule has 0 spiro atoms. The number of carbonyl (C=O) groups is 2. The molecule has 0 radical (unpaired) electrons. The van der Waals surface area contributed by atoms with Gasteiger partial charge in [-0.1, -0.05) is 6.07 Å². The highest BCUT2D eigenvalue weighted by Gasteiger charge is 2.32. The van der Waals surface area contributed by atoms with Gasteiger partial charge in [-0.15, -0.1) is 0 Å². The second-order valence-electron chi connectivity index (χ2n) is 4.76. The Hall–Kier alpha value is -1.93. The van der Waals surface area contributed by atoms with Crippen molar-refractivity contribution in [2.24, 2.45) is 11.1 Å². The number of carboxylic acid groups (broad SMARTS) is 1. The minimum atomic E-state index is -3.63. The topological polar surface area (TPSA) is 118 Å². The van der Waals surface area contributed by atoms with Gasteiger partial charge in [0, 0.05) is 24.6 Å². The summed E-state index contributed by atoms with van der Waals surface area (Å²) in [6, 6.07) is 5.97. The molecule has 20 heavy (non-hydrogen) atoms. The Morgan fingerprint density at radius 2 is 2.15 bits per heavy atom. The standard InChI is InChI=1S/C12H14N2O5S/c13-20(18,19)7-8-4-11(15)14(6-8)10-3-1-2-9(5-10)12(16)17/h1-3,5,8H,4,6-7H2,(H,16,17)(H2,13,18,19). The third kappa shape index (κ3) is 3.34. The van der Waals surface area contributed by atoms with Gasteiger partial charge in [-0.25, -0.2) is 18.4 Å². The predicted octanol–water partition coefficient (Wildman–Crippen LogP) is 0.0262. The van der Waals surface area contributed by atoms with Crippen LogP contribution in [0.15, 0.2) is 24.3 Å². The minimum Gasteiger partial charge on any atom is -0.478 e. The van der Waals surface area contributed by atoms with Crippen LogP contribution in [0.1, 0.15) is 16.8 Å². The number of hydrogen-bond acceptors (Lipinski definition) is 4. The van der Waals surface area contributed by atoms with Crippen molar-refractivity contribution in [1.82, 2.24) is 0 Å². The van der Waals surface area contributed by atoms with Crippen molar-refractivity contribution < 1.29 is 23.1 Å². The highest BCUT2D eigenvalue weighted by atomic mass is 32.2. The summed E-state index contributed by atoms with van der Waals surface area (Å²) >= 11 is 0. The van der Waals surface area contributed by atoms with Crippen LogP contribution >= 0.6 is 0 Å². The van der Waals surface area contributed by atoms with Gasteiger partial charge >= 0.3 is 5.97 Å². The summed E-state index contributed by atoms with van der Waals surface area (Å²) in [4.78, 5) is 24.2. The van der Waals surface area contributed by atoms with Crippen LogP contribution in [0.2, 0.25) is 0 Å². The summed E-state index contributed by atoms with van der Waals surface area (Å²) in [5.74, 6) is -1.94. The van der Waals surface area contributed by atoms with Gasteiger partial charge in [0.25, 0.3) is 0 Å². The number of sulfonamides is 1. The number of amides is 1. The van der Waals surface area contributed by atoms with Gasteiger partial charge in [-0.2, -0.15) is 0 Å². The molecule has 3 N–H and O–H groups in total. The molecule has 2 rings (SSSR count). The van der Waals surface area contributed by atoms with Gasteiger partial charge in [0.05, 0.1) is 11.3 Å². The molecular weight excluding hydrogens is 284 g/mol. The van der Waals surface area contributed by atoms with Crippen molar-refractivity contribution >= 4 is 27.6 Å². The number of primary sulfonamides is 1. The van der Waals surface area contributed by atoms with E-state index in [1.54, 1.807) is 12.1 Å². The molecule has 0 aromatic heterocycles. The first-order valence-electron chi connectivity index (χ1n) is 5.90. The van der Waals surface area contributed by atoms with Crippen molar-refractivity contribution in [3.8, 4) is 0 Å². The highest BCUT2D eigenvalue weighted by molar-refractivity contribution is 7.89. The van der Waals surface area contributed by atoms with Crippen molar-refractivity contribution in [2.45, 2.75) is 6.42 Å². The molecule has 1 aliphatic heterocycles. The van der Waals surface area contributed by atoms with Crippen molar-refractivity contribution in [3.63, 3.8) is 0 Å². The average Bonchev–Trinajstić information content (AvgIpc) is 2.68. The minimum absolute atomic E-state index is 0.0743. The zero-order valence-electron chi connectivity index (χ0n) is 10.5. The van der Waals surface area contributed by atoms with Gasteiger partial charge in [0.2, 0.25) is 15.9 Å². The Balaban J connectivity index is 2.20. The number of aromatic carboxylic acids is 1. The molecule has 1 fully saturated rings. The second kappa shape index (κ2) is 5.22. The second-order valence-corrected chi connectivity index (χ2v) is 6.42. The Labute approximate surface area is 116 Å². The average molecular weight is 298 g/mol. The SMILES string of the molecule is NS(=O)(=O)CC1CC(=O)N(c2cccc(C(=O)O)c2)C1. The summed E-state index contributed by atoms with van der Waals surface area (Å²) in [5, 5.41) is 13.9. The molecule has 7 nitrogen and oxygen atoms in total. The van der Waals surface area contributed by atoms with E-state index in [1.807, 2.05) is 0 Å². The molecule has 1 aliphatic rings. The molecular formula is C12H14N2O5S. The first-order chi connectivity index (χ1) is 9.26. The van der Waals surface area contributed by atoms with E-state index in [9.17, 15) is 18.0 Å². The maximum absolute atomic E-state index is 11.9. The van der Waals surface area contributed by atoms with Gasteiger partial charge in [0.15, 0.2) is 0 Å². The van der Waals surface area contributed by atoms with E-state index in [2.05, 4.69) is 0 Å². The van der Waals surface area contributed by atoms with E-state index in [0.29, 0.717) is 5.69 Å². The molecule has 8 heteroatoms. The predicted molar refractivity (Wildman–Crippen MR) is 71.8 cm³/mol. The monoisotopic (exact) mass is 298 g/mol. The van der Waals surface area contributed by atoms with E-state index in [4.69, 9.17) is 10.2 Å². The van der Waals surface area contributed by atoms with E-state index in [0.717, 1.165) is 0 Å². The summed E-state index contributed by atoms with van der Waals surface area (Å²) in [6.07, 6.45) is 0.0910. The lowest BCUT2D eigenvalue weighted by molar-refractivity contribution is -0.117. The molecule has 1 saturated heterocycles. The van der Waals surface area contributed by atoms with Crippen LogP contribution in [-0.2, 0) is 14.8 Å². The molecule has 1 amide bonds. The van der Waals surface area contributed by atoms with Crippen LogP contribution in [0.3, 0.4) is 0 Å². The van der Waals surface area contributed by atoms with Crippen LogP contribution in [0.4, 0.5) is 5.69 Å². The zero-order valence-corrected chi connectivity index (χ0v) is 11.3. The number of carboxylic acids is 1. The van der Waals surface area contributed by atoms with E-state index in [-0.39, 0.29) is 36.1 Å². The summed E-state index contributed by atoms with van der Waals surface area (Å²) in [5.41, 5.74) is 0.525. The van der Waals surface area contributed by atoms with Crippen LogP contribution in [0, 0.1) is 5.92 Å². The fraction of sp³-hybridized carbons (Fsp3) is 0.333. The van der Waals surface area contributed by atoms with Gasteiger partial charge in [-0.3, -0.25) is 4.79 Å². The van der Waals surface area contributed by atoms with Crippen molar-refractivity contribution in [2.75, 3.05) is 17.2 Å². The summed E-state index contributed by atoms with van der Waals surface area (Å²) in [6.45, 7) is 0.221. The number of hydrogen-bond donors (Lipinski definition) is 2. The first kappa shape index (κ1) is 14.5. The lowest BCUT2D eigenvalue weighted by Crippen LogP contribution is -2.27. The molecule has 0 bridgehead atoms. The number of benzene rings is 1.